The number of ether oxygens (including phenoxy) is 2. The van der Waals surface area contributed by atoms with Gasteiger partial charge in [0.15, 0.2) is 5.82 Å². The number of methoxy groups -OCH3 is 1. The fraction of sp³-hybridized carbons (Fsp3) is 0.500. The van der Waals surface area contributed by atoms with Crippen LogP contribution >= 0.6 is 0 Å². The molecule has 0 saturated carbocycles. The molecule has 3 heterocycles. The molecule has 2 aliphatic heterocycles. The first-order valence-corrected chi connectivity index (χ1v) is 9.43. The number of halogens is 1. The monoisotopic (exact) mass is 372 g/mol. The number of nitrogens with zero attached hydrogens (tertiary/aromatic N) is 4. The Morgan fingerprint density at radius 3 is 2.67 bits per heavy atom. The van der Waals surface area contributed by atoms with E-state index >= 15 is 0 Å². The first-order chi connectivity index (χ1) is 13.1. The largest absolute Gasteiger partial charge is 0.497 e. The lowest BCUT2D eigenvalue weighted by Gasteiger charge is -2.50. The van der Waals surface area contributed by atoms with Gasteiger partial charge < -0.3 is 14.4 Å². The summed E-state index contributed by atoms with van der Waals surface area (Å²) in [7, 11) is 1.66. The van der Waals surface area contributed by atoms with Crippen molar-refractivity contribution in [2.45, 2.75) is 38.0 Å². The molecule has 0 spiro atoms. The van der Waals surface area contributed by atoms with Gasteiger partial charge in [-0.2, -0.15) is 0 Å². The molecule has 3 atom stereocenters. The Balaban J connectivity index is 1.40. The van der Waals surface area contributed by atoms with Gasteiger partial charge in [-0.05, 0) is 31.9 Å². The molecule has 2 saturated heterocycles. The van der Waals surface area contributed by atoms with Crippen molar-refractivity contribution in [2.75, 3.05) is 31.6 Å². The number of hydrogen-bond donors (Lipinski definition) is 0. The third kappa shape index (κ3) is 3.83. The molecule has 1 unspecified atom stereocenters. The molecule has 0 aliphatic carbocycles. The van der Waals surface area contributed by atoms with Gasteiger partial charge in [-0.25, -0.2) is 14.4 Å². The molecule has 2 fully saturated rings. The van der Waals surface area contributed by atoms with E-state index in [1.54, 1.807) is 7.11 Å². The molecule has 1 aromatic heterocycles. The smallest absolute Gasteiger partial charge is 0.225 e. The van der Waals surface area contributed by atoms with Gasteiger partial charge in [-0.3, -0.25) is 4.90 Å². The molecule has 2 aliphatic rings. The maximum Gasteiger partial charge on any atom is 0.225 e. The zero-order valence-electron chi connectivity index (χ0n) is 15.7. The molecule has 0 bridgehead atoms. The lowest BCUT2D eigenvalue weighted by Crippen LogP contribution is -2.62. The van der Waals surface area contributed by atoms with E-state index in [9.17, 15) is 4.39 Å². The lowest BCUT2D eigenvalue weighted by atomic mass is 9.92. The van der Waals surface area contributed by atoms with E-state index in [1.165, 1.54) is 12.4 Å². The average Bonchev–Trinajstić information content (AvgIpc) is 2.69. The Hall–Kier alpha value is -2.41. The summed E-state index contributed by atoms with van der Waals surface area (Å²) in [5, 5.41) is 0. The second-order valence-corrected chi connectivity index (χ2v) is 7.19. The summed E-state index contributed by atoms with van der Waals surface area (Å²) in [5.41, 5.74) is 0. The minimum absolute atomic E-state index is 0.175. The van der Waals surface area contributed by atoms with Crippen LogP contribution in [-0.2, 0) is 0 Å². The highest BCUT2D eigenvalue weighted by atomic mass is 19.1. The average molecular weight is 372 g/mol. The molecule has 0 radical (unpaired) electrons. The Labute approximate surface area is 158 Å². The van der Waals surface area contributed by atoms with Crippen molar-refractivity contribution >= 4 is 5.95 Å². The van der Waals surface area contributed by atoms with Crippen LogP contribution in [0.4, 0.5) is 10.3 Å². The van der Waals surface area contributed by atoms with Crippen molar-refractivity contribution in [3.05, 3.63) is 42.5 Å². The first-order valence-electron chi connectivity index (χ1n) is 9.43. The zero-order chi connectivity index (χ0) is 18.8. The van der Waals surface area contributed by atoms with Gasteiger partial charge >= 0.3 is 0 Å². The van der Waals surface area contributed by atoms with Crippen LogP contribution in [0.25, 0.3) is 0 Å². The summed E-state index contributed by atoms with van der Waals surface area (Å²) in [6.45, 7) is 4.86. The quantitative estimate of drug-likeness (QED) is 0.823. The topological polar surface area (TPSA) is 50.7 Å². The molecule has 2 aromatic rings. The van der Waals surface area contributed by atoms with Crippen LogP contribution in [-0.4, -0.2) is 59.8 Å². The van der Waals surface area contributed by atoms with Crippen LogP contribution in [0.2, 0.25) is 0 Å². The van der Waals surface area contributed by atoms with Crippen molar-refractivity contribution in [2.24, 2.45) is 0 Å². The summed E-state index contributed by atoms with van der Waals surface area (Å²) >= 11 is 0. The molecule has 0 N–H and O–H groups in total. The number of hydrogen-bond acceptors (Lipinski definition) is 6. The van der Waals surface area contributed by atoms with Gasteiger partial charge in [-0.15, -0.1) is 0 Å². The lowest BCUT2D eigenvalue weighted by molar-refractivity contribution is 0.0286. The molecule has 144 valence electrons. The van der Waals surface area contributed by atoms with E-state index in [2.05, 4.69) is 26.7 Å². The van der Waals surface area contributed by atoms with Gasteiger partial charge in [-0.1, -0.05) is 6.07 Å². The zero-order valence-corrected chi connectivity index (χ0v) is 15.7. The third-order valence-electron chi connectivity index (χ3n) is 5.58. The SMILES string of the molecule is COc1cccc(O[C@H]2CC[C@H]3C(C)N(c4ncc(F)cn4)CCN3C2)c1. The summed E-state index contributed by atoms with van der Waals surface area (Å²) in [6.07, 6.45) is 4.70. The maximum absolute atomic E-state index is 13.1. The van der Waals surface area contributed by atoms with Gasteiger partial charge in [0.25, 0.3) is 0 Å². The molecule has 27 heavy (non-hydrogen) atoms. The van der Waals surface area contributed by atoms with Gasteiger partial charge in [0.2, 0.25) is 5.95 Å². The first kappa shape index (κ1) is 18.0. The molecule has 1 aromatic carbocycles. The van der Waals surface area contributed by atoms with Crippen LogP contribution in [0.3, 0.4) is 0 Å². The fourth-order valence-corrected chi connectivity index (χ4v) is 4.18. The molecule has 4 rings (SSSR count). The molecule has 6 nitrogen and oxygen atoms in total. The highest BCUT2D eigenvalue weighted by Gasteiger charge is 2.39. The standard InChI is InChI=1S/C20H25FN4O2/c1-14-19-7-6-18(27-17-5-3-4-16(10-17)26-2)13-24(19)8-9-25(14)20-22-11-15(21)12-23-20/h3-5,10-12,14,18-19H,6-9,13H2,1-2H3/t14?,18-,19-/m0/s1. The summed E-state index contributed by atoms with van der Waals surface area (Å²) in [6, 6.07) is 8.48. The molecule has 7 heteroatoms. The second-order valence-electron chi connectivity index (χ2n) is 7.19. The number of anilines is 1. The van der Waals surface area contributed by atoms with E-state index in [-0.39, 0.29) is 12.1 Å². The van der Waals surface area contributed by atoms with Crippen molar-refractivity contribution in [3.8, 4) is 11.5 Å². The van der Waals surface area contributed by atoms with Crippen LogP contribution in [0.1, 0.15) is 19.8 Å². The third-order valence-corrected chi connectivity index (χ3v) is 5.58. The Morgan fingerprint density at radius 1 is 1.11 bits per heavy atom. The number of fused-ring (bicyclic) bond motifs is 1. The number of benzene rings is 1. The normalized spacial score (nSPS) is 25.7. The number of piperidine rings is 1. The number of aromatic nitrogens is 2. The van der Waals surface area contributed by atoms with Crippen LogP contribution < -0.4 is 14.4 Å². The van der Waals surface area contributed by atoms with E-state index in [4.69, 9.17) is 9.47 Å². The van der Waals surface area contributed by atoms with Crippen LogP contribution in [0.15, 0.2) is 36.7 Å². The van der Waals surface area contributed by atoms with Gasteiger partial charge in [0.1, 0.15) is 17.6 Å². The highest BCUT2D eigenvalue weighted by molar-refractivity contribution is 5.34. The molecular formula is C20H25FN4O2. The Morgan fingerprint density at radius 2 is 1.89 bits per heavy atom. The van der Waals surface area contributed by atoms with Crippen molar-refractivity contribution in [1.29, 1.82) is 0 Å². The fourth-order valence-electron chi connectivity index (χ4n) is 4.18. The number of rotatable bonds is 4. The molecular weight excluding hydrogens is 347 g/mol. The minimum atomic E-state index is -0.403. The van der Waals surface area contributed by atoms with E-state index in [1.807, 2.05) is 24.3 Å². The predicted molar refractivity (Wildman–Crippen MR) is 101 cm³/mol. The van der Waals surface area contributed by atoms with Crippen molar-refractivity contribution < 1.29 is 13.9 Å². The van der Waals surface area contributed by atoms with Crippen LogP contribution in [0, 0.1) is 5.82 Å². The van der Waals surface area contributed by atoms with Gasteiger partial charge in [0, 0.05) is 37.8 Å². The van der Waals surface area contributed by atoms with E-state index in [0.717, 1.165) is 44.0 Å². The summed E-state index contributed by atoms with van der Waals surface area (Å²) in [4.78, 5) is 13.0. The highest BCUT2D eigenvalue weighted by Crippen LogP contribution is 2.30. The van der Waals surface area contributed by atoms with Gasteiger partial charge in [0.05, 0.1) is 19.5 Å². The maximum atomic E-state index is 13.1. The summed E-state index contributed by atoms with van der Waals surface area (Å²) in [5.74, 6) is 1.87. The van der Waals surface area contributed by atoms with Crippen molar-refractivity contribution in [1.82, 2.24) is 14.9 Å². The minimum Gasteiger partial charge on any atom is -0.497 e. The van der Waals surface area contributed by atoms with E-state index in [0.29, 0.717) is 12.0 Å². The van der Waals surface area contributed by atoms with E-state index < -0.39 is 5.82 Å². The molecule has 0 amide bonds. The van der Waals surface area contributed by atoms with Crippen LogP contribution in [0.5, 0.6) is 11.5 Å². The summed E-state index contributed by atoms with van der Waals surface area (Å²) < 4.78 is 24.6. The predicted octanol–water partition coefficient (Wildman–Crippen LogP) is 2.74. The number of piperazine rings is 1. The second kappa shape index (κ2) is 7.68. The van der Waals surface area contributed by atoms with Crippen molar-refractivity contribution in [3.63, 3.8) is 0 Å². The Kier molecular flexibility index (Phi) is 5.11. The Bertz CT molecular complexity index is 773.